The van der Waals surface area contributed by atoms with Gasteiger partial charge < -0.3 is 14.6 Å². The molecule has 0 aromatic carbocycles. The van der Waals surface area contributed by atoms with Gasteiger partial charge in [0.15, 0.2) is 0 Å². The predicted octanol–water partition coefficient (Wildman–Crippen LogP) is 1.80. The van der Waals surface area contributed by atoms with Crippen molar-refractivity contribution in [2.75, 3.05) is 13.7 Å². The van der Waals surface area contributed by atoms with E-state index in [9.17, 15) is 4.79 Å². The number of carbonyl (C=O) groups excluding carboxylic acids is 1. The van der Waals surface area contributed by atoms with Crippen LogP contribution in [0.1, 0.15) is 25.8 Å². The maximum absolute atomic E-state index is 11.0. The number of nitrogens with one attached hydrogen (secondary N) is 1. The highest BCUT2D eigenvalue weighted by molar-refractivity contribution is 5.68. The second-order valence-electron chi connectivity index (χ2n) is 4.61. The number of aromatic nitrogens is 1. The van der Waals surface area contributed by atoms with E-state index in [0.29, 0.717) is 18.9 Å². The highest BCUT2D eigenvalue weighted by atomic mass is 16.5. The smallest absolute Gasteiger partial charge is 0.307 e. The number of esters is 1. The minimum atomic E-state index is -0.168. The van der Waals surface area contributed by atoms with E-state index in [1.165, 1.54) is 12.7 Å². The first-order valence-electron chi connectivity index (χ1n) is 6.04. The molecule has 1 heterocycles. The van der Waals surface area contributed by atoms with Crippen LogP contribution in [0.25, 0.3) is 0 Å². The summed E-state index contributed by atoms with van der Waals surface area (Å²) >= 11 is 0. The average Bonchev–Trinajstić information content (AvgIpc) is 2.73. The summed E-state index contributed by atoms with van der Waals surface area (Å²) in [7, 11) is 1.42. The van der Waals surface area contributed by atoms with Crippen LogP contribution >= 0.6 is 0 Å². The number of methoxy groups -OCH3 is 1. The SMILES string of the molecule is COC(=O)CCn1ccc(CNCC(C)C)c1. The summed E-state index contributed by atoms with van der Waals surface area (Å²) in [4.78, 5) is 11.0. The lowest BCUT2D eigenvalue weighted by molar-refractivity contribution is -0.140. The highest BCUT2D eigenvalue weighted by Gasteiger charge is 2.02. The van der Waals surface area contributed by atoms with Gasteiger partial charge in [0, 0.05) is 25.5 Å². The summed E-state index contributed by atoms with van der Waals surface area (Å²) in [5.74, 6) is 0.495. The molecule has 17 heavy (non-hydrogen) atoms. The van der Waals surface area contributed by atoms with Crippen LogP contribution in [0.5, 0.6) is 0 Å². The van der Waals surface area contributed by atoms with Crippen molar-refractivity contribution >= 4 is 5.97 Å². The van der Waals surface area contributed by atoms with Gasteiger partial charge in [-0.15, -0.1) is 0 Å². The summed E-state index contributed by atoms with van der Waals surface area (Å²) in [6.07, 6.45) is 4.48. The Morgan fingerprint density at radius 2 is 2.29 bits per heavy atom. The molecular weight excluding hydrogens is 216 g/mol. The van der Waals surface area contributed by atoms with E-state index in [4.69, 9.17) is 0 Å². The Labute approximate surface area is 103 Å². The fourth-order valence-electron chi connectivity index (χ4n) is 1.56. The number of hydrogen-bond acceptors (Lipinski definition) is 3. The fraction of sp³-hybridized carbons (Fsp3) is 0.615. The van der Waals surface area contributed by atoms with Crippen LogP contribution < -0.4 is 5.32 Å². The second kappa shape index (κ2) is 7.12. The standard InChI is InChI=1S/C13H22N2O2/c1-11(2)8-14-9-12-4-6-15(10-12)7-5-13(16)17-3/h4,6,10-11,14H,5,7-9H2,1-3H3. The van der Waals surface area contributed by atoms with Gasteiger partial charge in [0.25, 0.3) is 0 Å². The summed E-state index contributed by atoms with van der Waals surface area (Å²) in [6.45, 7) is 6.96. The number of hydrogen-bond donors (Lipinski definition) is 1. The third-order valence-corrected chi connectivity index (χ3v) is 2.50. The molecule has 0 radical (unpaired) electrons. The lowest BCUT2D eigenvalue weighted by Crippen LogP contribution is -2.18. The normalized spacial score (nSPS) is 10.8. The van der Waals surface area contributed by atoms with E-state index in [2.05, 4.69) is 36.2 Å². The Balaban J connectivity index is 2.30. The van der Waals surface area contributed by atoms with Gasteiger partial charge in [0.2, 0.25) is 0 Å². The molecule has 4 nitrogen and oxygen atoms in total. The Morgan fingerprint density at radius 3 is 2.94 bits per heavy atom. The van der Waals surface area contributed by atoms with Crippen molar-refractivity contribution in [1.82, 2.24) is 9.88 Å². The van der Waals surface area contributed by atoms with Crippen LogP contribution in [0.3, 0.4) is 0 Å². The first-order valence-corrected chi connectivity index (χ1v) is 6.04. The third-order valence-electron chi connectivity index (χ3n) is 2.50. The first-order chi connectivity index (χ1) is 8.11. The van der Waals surface area contributed by atoms with Crippen molar-refractivity contribution in [1.29, 1.82) is 0 Å². The molecule has 0 unspecified atom stereocenters. The van der Waals surface area contributed by atoms with Crippen molar-refractivity contribution in [3.63, 3.8) is 0 Å². The Morgan fingerprint density at radius 1 is 1.53 bits per heavy atom. The Kier molecular flexibility index (Phi) is 5.77. The molecule has 0 fully saturated rings. The van der Waals surface area contributed by atoms with E-state index in [1.54, 1.807) is 0 Å². The molecule has 0 amide bonds. The molecule has 0 aliphatic rings. The maximum atomic E-state index is 11.0. The lowest BCUT2D eigenvalue weighted by Gasteiger charge is -2.05. The van der Waals surface area contributed by atoms with Crippen LogP contribution in [-0.2, 0) is 22.6 Å². The summed E-state index contributed by atoms with van der Waals surface area (Å²) < 4.78 is 6.62. The number of ether oxygens (including phenoxy) is 1. The third kappa shape index (κ3) is 5.54. The Hall–Kier alpha value is -1.29. The van der Waals surface area contributed by atoms with Gasteiger partial charge in [0.05, 0.1) is 13.5 Å². The van der Waals surface area contributed by atoms with Crippen LogP contribution in [0.2, 0.25) is 0 Å². The summed E-state index contributed by atoms with van der Waals surface area (Å²) in [6, 6.07) is 2.07. The van der Waals surface area contributed by atoms with Crippen molar-refractivity contribution < 1.29 is 9.53 Å². The zero-order valence-corrected chi connectivity index (χ0v) is 10.9. The van der Waals surface area contributed by atoms with E-state index in [1.807, 2.05) is 10.8 Å². The quantitative estimate of drug-likeness (QED) is 0.737. The molecule has 4 heteroatoms. The van der Waals surface area contributed by atoms with Crippen LogP contribution in [0, 0.1) is 5.92 Å². The van der Waals surface area contributed by atoms with Gasteiger partial charge >= 0.3 is 5.97 Å². The highest BCUT2D eigenvalue weighted by Crippen LogP contribution is 2.03. The molecule has 0 bridgehead atoms. The number of carbonyl (C=O) groups is 1. The number of aryl methyl sites for hydroxylation is 1. The average molecular weight is 238 g/mol. The van der Waals surface area contributed by atoms with Gasteiger partial charge in [-0.05, 0) is 24.1 Å². The van der Waals surface area contributed by atoms with Crippen molar-refractivity contribution in [2.45, 2.75) is 33.4 Å². The van der Waals surface area contributed by atoms with Crippen molar-refractivity contribution in [3.8, 4) is 0 Å². The van der Waals surface area contributed by atoms with Gasteiger partial charge in [-0.2, -0.15) is 0 Å². The molecule has 0 atom stereocenters. The Bertz CT molecular complexity index is 345. The van der Waals surface area contributed by atoms with E-state index in [0.717, 1.165) is 13.1 Å². The monoisotopic (exact) mass is 238 g/mol. The van der Waals surface area contributed by atoms with Gasteiger partial charge in [0.1, 0.15) is 0 Å². The minimum absolute atomic E-state index is 0.168. The van der Waals surface area contributed by atoms with Gasteiger partial charge in [-0.3, -0.25) is 4.79 Å². The summed E-state index contributed by atoms with van der Waals surface area (Å²) in [5, 5.41) is 3.39. The topological polar surface area (TPSA) is 43.3 Å². The largest absolute Gasteiger partial charge is 0.469 e. The maximum Gasteiger partial charge on any atom is 0.307 e. The number of nitrogens with zero attached hydrogens (tertiary/aromatic N) is 1. The molecule has 96 valence electrons. The molecule has 1 rings (SSSR count). The molecule has 1 aromatic heterocycles. The summed E-state index contributed by atoms with van der Waals surface area (Å²) in [5.41, 5.74) is 1.25. The zero-order valence-electron chi connectivity index (χ0n) is 10.9. The molecule has 0 saturated heterocycles. The second-order valence-corrected chi connectivity index (χ2v) is 4.61. The zero-order chi connectivity index (χ0) is 12.7. The van der Waals surface area contributed by atoms with Crippen molar-refractivity contribution in [3.05, 3.63) is 24.0 Å². The lowest BCUT2D eigenvalue weighted by atomic mass is 10.2. The molecule has 0 aliphatic heterocycles. The molecule has 1 aromatic rings. The van der Waals surface area contributed by atoms with Gasteiger partial charge in [-0.1, -0.05) is 13.8 Å². The van der Waals surface area contributed by atoms with Crippen LogP contribution in [0.4, 0.5) is 0 Å². The van der Waals surface area contributed by atoms with E-state index < -0.39 is 0 Å². The molecule has 0 saturated carbocycles. The molecule has 0 aliphatic carbocycles. The fourth-order valence-corrected chi connectivity index (χ4v) is 1.56. The van der Waals surface area contributed by atoms with E-state index >= 15 is 0 Å². The minimum Gasteiger partial charge on any atom is -0.469 e. The van der Waals surface area contributed by atoms with Gasteiger partial charge in [-0.25, -0.2) is 0 Å². The first kappa shape index (κ1) is 13.8. The molecular formula is C13H22N2O2. The predicted molar refractivity (Wildman–Crippen MR) is 67.6 cm³/mol. The van der Waals surface area contributed by atoms with Crippen LogP contribution in [0.15, 0.2) is 18.5 Å². The van der Waals surface area contributed by atoms with E-state index in [-0.39, 0.29) is 5.97 Å². The van der Waals surface area contributed by atoms with Crippen LogP contribution in [-0.4, -0.2) is 24.2 Å². The molecule has 1 N–H and O–H groups in total. The number of rotatable bonds is 7. The van der Waals surface area contributed by atoms with Crippen molar-refractivity contribution in [2.24, 2.45) is 5.92 Å². The molecule has 0 spiro atoms.